The highest BCUT2D eigenvalue weighted by Gasteiger charge is 2.36. The second kappa shape index (κ2) is 8.12. The lowest BCUT2D eigenvalue weighted by molar-refractivity contribution is -0.132. The standard InChI is InChI=1S/C18H32N4O2/c1-15(2)22-16(8-11-19-22)13-21-12-6-9-18(14-21,24-5)10-7-17(23)20(3)4/h8,11,15H,6-7,9-10,12-14H2,1-5H3/t18-/m1/s1. The summed E-state index contributed by atoms with van der Waals surface area (Å²) >= 11 is 0. The van der Waals surface area contributed by atoms with Crippen molar-refractivity contribution in [2.75, 3.05) is 34.3 Å². The molecule has 1 aromatic heterocycles. The second-order valence-electron chi connectivity index (χ2n) is 7.35. The lowest BCUT2D eigenvalue weighted by atomic mass is 9.87. The van der Waals surface area contributed by atoms with E-state index in [-0.39, 0.29) is 11.5 Å². The third-order valence-corrected chi connectivity index (χ3v) is 4.97. The predicted octanol–water partition coefficient (Wildman–Crippen LogP) is 2.31. The van der Waals surface area contributed by atoms with Crippen molar-refractivity contribution in [3.05, 3.63) is 18.0 Å². The smallest absolute Gasteiger partial charge is 0.222 e. The first-order valence-corrected chi connectivity index (χ1v) is 8.87. The summed E-state index contributed by atoms with van der Waals surface area (Å²) in [5.41, 5.74) is 1.02. The van der Waals surface area contributed by atoms with Crippen LogP contribution in [0.5, 0.6) is 0 Å². The molecule has 0 radical (unpaired) electrons. The van der Waals surface area contributed by atoms with Gasteiger partial charge in [-0.15, -0.1) is 0 Å². The van der Waals surface area contributed by atoms with Crippen LogP contribution in [0.3, 0.4) is 0 Å². The fraction of sp³-hybridized carbons (Fsp3) is 0.778. The summed E-state index contributed by atoms with van der Waals surface area (Å²) in [6.45, 7) is 7.12. The molecule has 1 amide bonds. The van der Waals surface area contributed by atoms with E-state index in [1.165, 1.54) is 5.69 Å². The van der Waals surface area contributed by atoms with Crippen LogP contribution in [0, 0.1) is 0 Å². The third kappa shape index (κ3) is 4.57. The molecular weight excluding hydrogens is 304 g/mol. The highest BCUT2D eigenvalue weighted by Crippen LogP contribution is 2.30. The molecule has 0 aliphatic carbocycles. The van der Waals surface area contributed by atoms with Crippen LogP contribution in [-0.4, -0.2) is 65.4 Å². The fourth-order valence-electron chi connectivity index (χ4n) is 3.52. The summed E-state index contributed by atoms with van der Waals surface area (Å²) in [6.07, 6.45) is 5.31. The largest absolute Gasteiger partial charge is 0.377 e. The van der Waals surface area contributed by atoms with E-state index in [0.717, 1.165) is 38.9 Å². The maximum Gasteiger partial charge on any atom is 0.222 e. The Balaban J connectivity index is 2.00. The van der Waals surface area contributed by atoms with E-state index in [9.17, 15) is 4.79 Å². The summed E-state index contributed by atoms with van der Waals surface area (Å²) in [7, 11) is 5.39. The molecule has 6 heteroatoms. The van der Waals surface area contributed by atoms with Crippen LogP contribution < -0.4 is 0 Å². The lowest BCUT2D eigenvalue weighted by Gasteiger charge is -2.42. The molecule has 24 heavy (non-hydrogen) atoms. The molecule has 1 aliphatic rings. The van der Waals surface area contributed by atoms with Gasteiger partial charge in [-0.1, -0.05) is 0 Å². The SMILES string of the molecule is CO[C@@]1(CCC(=O)N(C)C)CCCN(Cc2ccnn2C(C)C)C1. The van der Waals surface area contributed by atoms with Crippen LogP contribution in [-0.2, 0) is 16.1 Å². The number of carbonyl (C=O) groups is 1. The van der Waals surface area contributed by atoms with Gasteiger partial charge in [-0.05, 0) is 45.7 Å². The molecule has 136 valence electrons. The quantitative estimate of drug-likeness (QED) is 0.767. The molecule has 1 saturated heterocycles. The fourth-order valence-corrected chi connectivity index (χ4v) is 3.52. The number of rotatable bonds is 7. The Labute approximate surface area is 145 Å². The summed E-state index contributed by atoms with van der Waals surface area (Å²) in [6, 6.07) is 2.46. The maximum absolute atomic E-state index is 11.9. The van der Waals surface area contributed by atoms with Crippen LogP contribution in [0.15, 0.2) is 12.3 Å². The van der Waals surface area contributed by atoms with Crippen LogP contribution in [0.1, 0.15) is 51.3 Å². The molecule has 1 fully saturated rings. The van der Waals surface area contributed by atoms with Gasteiger partial charge in [0.25, 0.3) is 0 Å². The van der Waals surface area contributed by atoms with Gasteiger partial charge in [0, 0.05) is 53.0 Å². The first kappa shape index (κ1) is 18.9. The molecule has 0 N–H and O–H groups in total. The average molecular weight is 336 g/mol. The van der Waals surface area contributed by atoms with Crippen molar-refractivity contribution < 1.29 is 9.53 Å². The minimum absolute atomic E-state index is 0.168. The summed E-state index contributed by atoms with van der Waals surface area (Å²) in [5.74, 6) is 0.168. The number of nitrogens with zero attached hydrogens (tertiary/aromatic N) is 4. The monoisotopic (exact) mass is 336 g/mol. The topological polar surface area (TPSA) is 50.6 Å². The Kier molecular flexibility index (Phi) is 6.40. The average Bonchev–Trinajstić information content (AvgIpc) is 3.01. The predicted molar refractivity (Wildman–Crippen MR) is 94.8 cm³/mol. The lowest BCUT2D eigenvalue weighted by Crippen LogP contribution is -2.49. The van der Waals surface area contributed by atoms with Crippen molar-refractivity contribution >= 4 is 5.91 Å². The second-order valence-corrected chi connectivity index (χ2v) is 7.35. The molecule has 2 rings (SSSR count). The van der Waals surface area contributed by atoms with Gasteiger partial charge in [-0.25, -0.2) is 0 Å². The van der Waals surface area contributed by atoms with E-state index in [1.807, 2.05) is 20.3 Å². The van der Waals surface area contributed by atoms with Gasteiger partial charge in [0.05, 0.1) is 11.3 Å². The maximum atomic E-state index is 11.9. The zero-order valence-electron chi connectivity index (χ0n) is 15.8. The van der Waals surface area contributed by atoms with E-state index < -0.39 is 0 Å². The third-order valence-electron chi connectivity index (χ3n) is 4.97. The number of piperidine rings is 1. The number of aromatic nitrogens is 2. The first-order valence-electron chi connectivity index (χ1n) is 8.87. The van der Waals surface area contributed by atoms with Crippen molar-refractivity contribution in [1.82, 2.24) is 19.6 Å². The van der Waals surface area contributed by atoms with Crippen molar-refractivity contribution in [3.63, 3.8) is 0 Å². The summed E-state index contributed by atoms with van der Waals surface area (Å²) < 4.78 is 7.98. The molecule has 1 aromatic rings. The molecule has 0 spiro atoms. The first-order chi connectivity index (χ1) is 11.4. The molecular formula is C18H32N4O2. The zero-order valence-corrected chi connectivity index (χ0v) is 15.8. The van der Waals surface area contributed by atoms with Gasteiger partial charge in [0.15, 0.2) is 0 Å². The van der Waals surface area contributed by atoms with Gasteiger partial charge in [-0.2, -0.15) is 5.10 Å². The van der Waals surface area contributed by atoms with E-state index >= 15 is 0 Å². The Morgan fingerprint density at radius 3 is 2.83 bits per heavy atom. The molecule has 6 nitrogen and oxygen atoms in total. The normalized spacial score (nSPS) is 22.1. The molecule has 2 heterocycles. The Hall–Kier alpha value is -1.40. The zero-order chi connectivity index (χ0) is 17.7. The minimum atomic E-state index is -0.216. The highest BCUT2D eigenvalue weighted by atomic mass is 16.5. The Bertz CT molecular complexity index is 541. The van der Waals surface area contributed by atoms with Gasteiger partial charge in [0.1, 0.15) is 0 Å². The van der Waals surface area contributed by atoms with Crippen molar-refractivity contribution in [2.24, 2.45) is 0 Å². The minimum Gasteiger partial charge on any atom is -0.377 e. The van der Waals surface area contributed by atoms with Crippen LogP contribution >= 0.6 is 0 Å². The number of hydrogen-bond donors (Lipinski definition) is 0. The van der Waals surface area contributed by atoms with E-state index in [1.54, 1.807) is 12.0 Å². The van der Waals surface area contributed by atoms with Crippen molar-refractivity contribution in [1.29, 1.82) is 0 Å². The number of ether oxygens (including phenoxy) is 1. The number of likely N-dealkylation sites (tertiary alicyclic amines) is 1. The molecule has 1 aliphatic heterocycles. The Morgan fingerprint density at radius 2 is 2.21 bits per heavy atom. The van der Waals surface area contributed by atoms with Crippen molar-refractivity contribution in [3.8, 4) is 0 Å². The van der Waals surface area contributed by atoms with Crippen LogP contribution in [0.2, 0.25) is 0 Å². The van der Waals surface area contributed by atoms with Crippen LogP contribution in [0.4, 0.5) is 0 Å². The number of amides is 1. The van der Waals surface area contributed by atoms with Gasteiger partial charge < -0.3 is 9.64 Å². The van der Waals surface area contributed by atoms with Gasteiger partial charge in [0.2, 0.25) is 5.91 Å². The van der Waals surface area contributed by atoms with Crippen molar-refractivity contribution in [2.45, 2.75) is 57.7 Å². The number of methoxy groups -OCH3 is 1. The molecule has 1 atom stereocenters. The van der Waals surface area contributed by atoms with E-state index in [2.05, 4.69) is 34.6 Å². The molecule has 0 bridgehead atoms. The van der Waals surface area contributed by atoms with Crippen LogP contribution in [0.25, 0.3) is 0 Å². The summed E-state index contributed by atoms with van der Waals surface area (Å²) in [4.78, 5) is 16.0. The van der Waals surface area contributed by atoms with E-state index in [4.69, 9.17) is 4.74 Å². The molecule has 0 saturated carbocycles. The Morgan fingerprint density at radius 1 is 1.46 bits per heavy atom. The molecule has 0 aromatic carbocycles. The van der Waals surface area contributed by atoms with Gasteiger partial charge >= 0.3 is 0 Å². The van der Waals surface area contributed by atoms with E-state index in [0.29, 0.717) is 12.5 Å². The molecule has 0 unspecified atom stereocenters. The number of hydrogen-bond acceptors (Lipinski definition) is 4. The number of carbonyl (C=O) groups excluding carboxylic acids is 1. The highest BCUT2D eigenvalue weighted by molar-refractivity contribution is 5.75. The summed E-state index contributed by atoms with van der Waals surface area (Å²) in [5, 5.41) is 4.43. The van der Waals surface area contributed by atoms with Gasteiger partial charge in [-0.3, -0.25) is 14.4 Å².